The molecule has 5 nitrogen and oxygen atoms in total. The van der Waals surface area contributed by atoms with E-state index in [1.54, 1.807) is 13.1 Å². The van der Waals surface area contributed by atoms with Gasteiger partial charge in [-0.05, 0) is 37.1 Å². The summed E-state index contributed by atoms with van der Waals surface area (Å²) in [7, 11) is 1.68. The van der Waals surface area contributed by atoms with Crippen LogP contribution in [0.1, 0.15) is 11.1 Å². The molecule has 0 saturated heterocycles. The third kappa shape index (κ3) is 4.54. The van der Waals surface area contributed by atoms with Gasteiger partial charge in [-0.25, -0.2) is 4.98 Å². The predicted octanol–water partition coefficient (Wildman–Crippen LogP) is 5.66. The van der Waals surface area contributed by atoms with E-state index in [0.717, 1.165) is 16.7 Å². The Labute approximate surface area is 193 Å². The maximum absolute atomic E-state index is 12.9. The number of halogens is 1. The van der Waals surface area contributed by atoms with Crippen LogP contribution in [0.2, 0.25) is 5.02 Å². The minimum absolute atomic E-state index is 0.110. The van der Waals surface area contributed by atoms with Gasteiger partial charge in [0.15, 0.2) is 5.16 Å². The van der Waals surface area contributed by atoms with Crippen molar-refractivity contribution in [2.75, 3.05) is 11.1 Å². The molecule has 2 heterocycles. The molecule has 1 amide bonds. The van der Waals surface area contributed by atoms with Crippen LogP contribution in [0.3, 0.4) is 0 Å². The van der Waals surface area contributed by atoms with Crippen molar-refractivity contribution in [3.8, 4) is 11.1 Å². The lowest BCUT2D eigenvalue weighted by atomic mass is 10.1. The molecule has 1 N–H and O–H groups in total. The molecular formula is C23H20ClN3O2S2. The number of anilines is 1. The zero-order valence-electron chi connectivity index (χ0n) is 17.2. The third-order valence-electron chi connectivity index (χ3n) is 4.91. The van der Waals surface area contributed by atoms with Crippen molar-refractivity contribution in [3.05, 3.63) is 74.3 Å². The highest BCUT2D eigenvalue weighted by Gasteiger charge is 2.16. The van der Waals surface area contributed by atoms with Gasteiger partial charge in [-0.3, -0.25) is 14.2 Å². The number of aryl methyl sites for hydroxylation is 2. The number of benzene rings is 2. The van der Waals surface area contributed by atoms with Crippen LogP contribution in [-0.4, -0.2) is 21.2 Å². The fourth-order valence-corrected chi connectivity index (χ4v) is 5.02. The first-order chi connectivity index (χ1) is 14.8. The molecule has 0 saturated carbocycles. The van der Waals surface area contributed by atoms with Gasteiger partial charge in [-0.1, -0.05) is 59.3 Å². The van der Waals surface area contributed by atoms with Gasteiger partial charge in [-0.15, -0.1) is 11.3 Å². The number of amides is 1. The van der Waals surface area contributed by atoms with E-state index >= 15 is 0 Å². The largest absolute Gasteiger partial charge is 0.325 e. The molecule has 4 rings (SSSR count). The standard InChI is InChI=1S/C23H20ClN3O2S2/c1-13-4-7-15(8-5-13)17-11-30-21-20(17)26-23(27(3)22(21)29)31-12-19(28)25-16-9-6-14(2)18(24)10-16/h4-11H,12H2,1-3H3,(H,25,28). The molecule has 4 aromatic rings. The minimum Gasteiger partial charge on any atom is -0.325 e. The second-order valence-corrected chi connectivity index (χ2v) is 9.48. The van der Waals surface area contributed by atoms with Gasteiger partial charge < -0.3 is 5.32 Å². The van der Waals surface area contributed by atoms with Crippen molar-refractivity contribution in [1.82, 2.24) is 9.55 Å². The molecule has 0 spiro atoms. The Balaban J connectivity index is 1.58. The summed E-state index contributed by atoms with van der Waals surface area (Å²) in [5, 5.41) is 5.90. The first kappa shape index (κ1) is 21.6. The van der Waals surface area contributed by atoms with E-state index in [0.29, 0.717) is 26.1 Å². The fraction of sp³-hybridized carbons (Fsp3) is 0.174. The molecule has 2 aromatic heterocycles. The fourth-order valence-electron chi connectivity index (χ4n) is 3.09. The van der Waals surface area contributed by atoms with Crippen molar-refractivity contribution in [1.29, 1.82) is 0 Å². The number of hydrogen-bond donors (Lipinski definition) is 1. The lowest BCUT2D eigenvalue weighted by molar-refractivity contribution is -0.113. The quantitative estimate of drug-likeness (QED) is 0.302. The first-order valence-electron chi connectivity index (χ1n) is 9.57. The van der Waals surface area contributed by atoms with Crippen LogP contribution in [0.15, 0.2) is 57.8 Å². The van der Waals surface area contributed by atoms with Crippen LogP contribution in [0.5, 0.6) is 0 Å². The summed E-state index contributed by atoms with van der Waals surface area (Å²) in [6.45, 7) is 3.94. The molecule has 0 unspecified atom stereocenters. The number of rotatable bonds is 5. The average Bonchev–Trinajstić information content (AvgIpc) is 3.17. The van der Waals surface area contributed by atoms with Gasteiger partial charge in [0, 0.05) is 28.7 Å². The molecule has 0 aliphatic rings. The normalized spacial score (nSPS) is 11.1. The Morgan fingerprint density at radius 2 is 1.94 bits per heavy atom. The van der Waals surface area contributed by atoms with Crippen molar-refractivity contribution < 1.29 is 4.79 Å². The number of carbonyl (C=O) groups excluding carboxylic acids is 1. The van der Waals surface area contributed by atoms with Gasteiger partial charge in [0.25, 0.3) is 5.56 Å². The molecule has 0 bridgehead atoms. The monoisotopic (exact) mass is 469 g/mol. The number of thioether (sulfide) groups is 1. The molecule has 0 atom stereocenters. The molecule has 2 aromatic carbocycles. The smallest absolute Gasteiger partial charge is 0.271 e. The van der Waals surface area contributed by atoms with E-state index < -0.39 is 0 Å². The van der Waals surface area contributed by atoms with Crippen molar-refractivity contribution in [2.45, 2.75) is 19.0 Å². The Morgan fingerprint density at radius 3 is 2.65 bits per heavy atom. The number of carbonyl (C=O) groups is 1. The molecule has 8 heteroatoms. The Morgan fingerprint density at radius 1 is 1.19 bits per heavy atom. The van der Waals surface area contributed by atoms with Gasteiger partial charge in [0.05, 0.1) is 11.3 Å². The number of nitrogens with one attached hydrogen (secondary N) is 1. The van der Waals surface area contributed by atoms with E-state index in [-0.39, 0.29) is 17.2 Å². The Kier molecular flexibility index (Phi) is 6.18. The van der Waals surface area contributed by atoms with Gasteiger partial charge >= 0.3 is 0 Å². The van der Waals surface area contributed by atoms with E-state index in [2.05, 4.69) is 5.32 Å². The third-order valence-corrected chi connectivity index (χ3v) is 7.30. The SMILES string of the molecule is Cc1ccc(-c2csc3c(=O)n(C)c(SCC(=O)Nc4ccc(C)c(Cl)c4)nc23)cc1. The maximum Gasteiger partial charge on any atom is 0.271 e. The molecule has 0 aliphatic heterocycles. The van der Waals surface area contributed by atoms with Crippen LogP contribution < -0.4 is 10.9 Å². The van der Waals surface area contributed by atoms with Crippen LogP contribution in [-0.2, 0) is 11.8 Å². The first-order valence-corrected chi connectivity index (χ1v) is 11.8. The van der Waals surface area contributed by atoms with Crippen LogP contribution in [0, 0.1) is 13.8 Å². The molecule has 0 aliphatic carbocycles. The van der Waals surface area contributed by atoms with Gasteiger partial charge in [-0.2, -0.15) is 0 Å². The number of aromatic nitrogens is 2. The average molecular weight is 470 g/mol. The summed E-state index contributed by atoms with van der Waals surface area (Å²) in [6, 6.07) is 13.5. The van der Waals surface area contributed by atoms with E-state index in [4.69, 9.17) is 16.6 Å². The summed E-state index contributed by atoms with van der Waals surface area (Å²) in [5.74, 6) is -0.0651. The minimum atomic E-state index is -0.191. The Bertz CT molecular complexity index is 1340. The lowest BCUT2D eigenvalue weighted by Gasteiger charge is -2.09. The van der Waals surface area contributed by atoms with E-state index in [9.17, 15) is 9.59 Å². The summed E-state index contributed by atoms with van der Waals surface area (Å²) in [4.78, 5) is 30.0. The zero-order chi connectivity index (χ0) is 22.1. The molecular weight excluding hydrogens is 450 g/mol. The zero-order valence-corrected chi connectivity index (χ0v) is 19.6. The summed E-state index contributed by atoms with van der Waals surface area (Å²) in [6.07, 6.45) is 0. The molecule has 31 heavy (non-hydrogen) atoms. The predicted molar refractivity (Wildman–Crippen MR) is 131 cm³/mol. The summed E-state index contributed by atoms with van der Waals surface area (Å²) >= 11 is 8.75. The number of hydrogen-bond acceptors (Lipinski definition) is 5. The summed E-state index contributed by atoms with van der Waals surface area (Å²) < 4.78 is 2.11. The van der Waals surface area contributed by atoms with Gasteiger partial charge in [0.2, 0.25) is 5.91 Å². The highest BCUT2D eigenvalue weighted by atomic mass is 35.5. The highest BCUT2D eigenvalue weighted by Crippen LogP contribution is 2.32. The number of fused-ring (bicyclic) bond motifs is 1. The highest BCUT2D eigenvalue weighted by molar-refractivity contribution is 7.99. The maximum atomic E-state index is 12.9. The second kappa shape index (κ2) is 8.86. The Hall–Kier alpha value is -2.61. The molecule has 158 valence electrons. The van der Waals surface area contributed by atoms with Crippen LogP contribution in [0.4, 0.5) is 5.69 Å². The summed E-state index contributed by atoms with van der Waals surface area (Å²) in [5.41, 5.74) is 5.26. The van der Waals surface area contributed by atoms with Crippen molar-refractivity contribution in [2.24, 2.45) is 7.05 Å². The molecule has 0 fully saturated rings. The second-order valence-electron chi connectivity index (χ2n) is 7.25. The van der Waals surface area contributed by atoms with Crippen molar-refractivity contribution >= 4 is 56.5 Å². The molecule has 0 radical (unpaired) electrons. The van der Waals surface area contributed by atoms with Gasteiger partial charge in [0.1, 0.15) is 4.70 Å². The van der Waals surface area contributed by atoms with E-state index in [1.165, 1.54) is 33.2 Å². The lowest BCUT2D eigenvalue weighted by Crippen LogP contribution is -2.20. The topological polar surface area (TPSA) is 64.0 Å². The number of nitrogens with zero attached hydrogens (tertiary/aromatic N) is 2. The van der Waals surface area contributed by atoms with Crippen LogP contribution >= 0.6 is 34.7 Å². The van der Waals surface area contributed by atoms with Crippen molar-refractivity contribution in [3.63, 3.8) is 0 Å². The van der Waals surface area contributed by atoms with Crippen LogP contribution in [0.25, 0.3) is 21.3 Å². The number of thiophene rings is 1. The van der Waals surface area contributed by atoms with E-state index in [1.807, 2.05) is 55.6 Å².